The van der Waals surface area contributed by atoms with E-state index in [4.69, 9.17) is 9.47 Å². The molecule has 6 nitrogen and oxygen atoms in total. The normalized spacial score (nSPS) is 13.6. The minimum absolute atomic E-state index is 0. The molecular weight excluding hydrogens is 697 g/mol. The molecule has 0 bridgehead atoms. The summed E-state index contributed by atoms with van der Waals surface area (Å²) in [4.78, 5) is 21.4. The van der Waals surface area contributed by atoms with Crippen molar-refractivity contribution < 1.29 is 29.3 Å². The fourth-order valence-corrected chi connectivity index (χ4v) is 4.62. The molecule has 0 aliphatic heterocycles. The van der Waals surface area contributed by atoms with Crippen LogP contribution in [0.15, 0.2) is 122 Å². The zero-order valence-corrected chi connectivity index (χ0v) is 36.4. The van der Waals surface area contributed by atoms with Crippen molar-refractivity contribution in [2.24, 2.45) is 0 Å². The van der Waals surface area contributed by atoms with Gasteiger partial charge in [-0.1, -0.05) is 149 Å². The second-order valence-electron chi connectivity index (χ2n) is 12.6. The monoisotopic (exact) mass is 771 g/mol. The van der Waals surface area contributed by atoms with Crippen molar-refractivity contribution in [2.75, 3.05) is 13.2 Å². The maximum atomic E-state index is 10.7. The minimum Gasteiger partial charge on any atom is -0.547 e. The van der Waals surface area contributed by atoms with E-state index >= 15 is 0 Å². The van der Waals surface area contributed by atoms with Crippen LogP contribution in [0, 0.1) is 0 Å². The number of carboxylic acid groups (broad SMARTS) is 2. The number of carbonyl (C=O) groups is 2. The van der Waals surface area contributed by atoms with E-state index in [0.29, 0.717) is 26.1 Å². The van der Waals surface area contributed by atoms with E-state index in [-0.39, 0.29) is 23.1 Å². The summed E-state index contributed by atoms with van der Waals surface area (Å²) in [6, 6.07) is 0. The molecule has 7 heteroatoms. The summed E-state index contributed by atoms with van der Waals surface area (Å²) in [5, 5.41) is 21.4. The van der Waals surface area contributed by atoms with Crippen LogP contribution in [0.2, 0.25) is 0 Å². The molecule has 0 aromatic heterocycles. The first-order valence-corrected chi connectivity index (χ1v) is 20.6. The predicted octanol–water partition coefficient (Wildman–Crippen LogP) is 10.5. The Kier molecular flexibility index (Phi) is 50.3. The average molecular weight is 771 g/mol. The van der Waals surface area contributed by atoms with E-state index in [1.165, 1.54) is 0 Å². The number of hydrogen-bond acceptors (Lipinski definition) is 6. The molecule has 2 unspecified atom stereocenters. The van der Waals surface area contributed by atoms with Crippen molar-refractivity contribution in [3.63, 3.8) is 0 Å². The van der Waals surface area contributed by atoms with E-state index in [0.717, 1.165) is 103 Å². The van der Waals surface area contributed by atoms with Crippen LogP contribution in [0.5, 0.6) is 0 Å². The molecule has 0 aromatic rings. The smallest absolute Gasteiger partial charge is 0.547 e. The summed E-state index contributed by atoms with van der Waals surface area (Å²) in [5.74, 6) is -2.23. The summed E-state index contributed by atoms with van der Waals surface area (Å²) >= 11 is 0. The van der Waals surface area contributed by atoms with Crippen LogP contribution in [0.3, 0.4) is 0 Å². The van der Waals surface area contributed by atoms with E-state index in [9.17, 15) is 19.8 Å². The quantitative estimate of drug-likeness (QED) is 0.0367. The van der Waals surface area contributed by atoms with Crippen LogP contribution in [-0.2, 0) is 19.1 Å². The van der Waals surface area contributed by atoms with Gasteiger partial charge in [0.05, 0.1) is 24.1 Å². The van der Waals surface area contributed by atoms with Gasteiger partial charge in [0.2, 0.25) is 0 Å². The van der Waals surface area contributed by atoms with Gasteiger partial charge in [0, 0.05) is 13.2 Å². The van der Waals surface area contributed by atoms with Crippen molar-refractivity contribution in [3.05, 3.63) is 122 Å². The summed E-state index contributed by atoms with van der Waals surface area (Å²) < 4.78 is 10.5. The van der Waals surface area contributed by atoms with Gasteiger partial charge in [0.15, 0.2) is 0 Å². The molecule has 0 aliphatic rings. The van der Waals surface area contributed by atoms with Gasteiger partial charge in [-0.3, -0.25) is 0 Å². The second kappa shape index (κ2) is 49.0. The minimum atomic E-state index is -1.12. The van der Waals surface area contributed by atoms with Crippen molar-refractivity contribution >= 4 is 35.0 Å². The Bertz CT molecular complexity index is 1060. The van der Waals surface area contributed by atoms with Gasteiger partial charge in [-0.2, -0.15) is 0 Å². The second-order valence-corrected chi connectivity index (χ2v) is 12.6. The van der Waals surface area contributed by atoms with E-state index < -0.39 is 24.1 Å². The number of rotatable bonds is 34. The zero-order chi connectivity index (χ0) is 40.0. The summed E-state index contributed by atoms with van der Waals surface area (Å²) in [5.41, 5.74) is 0. The molecule has 0 saturated heterocycles. The van der Waals surface area contributed by atoms with Crippen molar-refractivity contribution in [1.82, 2.24) is 0 Å². The van der Waals surface area contributed by atoms with Crippen LogP contribution < -0.4 is 10.2 Å². The van der Waals surface area contributed by atoms with Gasteiger partial charge in [0.25, 0.3) is 0 Å². The molecule has 0 aromatic carbocycles. The van der Waals surface area contributed by atoms with Crippen LogP contribution in [0.4, 0.5) is 0 Å². The average Bonchev–Trinajstić information content (AvgIpc) is 3.16. The number of aliphatic carboxylic acids is 2. The molecule has 0 heterocycles. The molecule has 2 atom stereocenters. The number of carbonyl (C=O) groups excluding carboxylic acids is 2. The van der Waals surface area contributed by atoms with Gasteiger partial charge < -0.3 is 29.3 Å². The molecule has 0 aliphatic carbocycles. The number of unbranched alkanes of at least 4 members (excludes halogenated alkanes) is 4. The van der Waals surface area contributed by atoms with Gasteiger partial charge in [-0.15, -0.1) is 0 Å². The van der Waals surface area contributed by atoms with E-state index in [1.807, 2.05) is 0 Å². The molecule has 0 radical (unpaired) electrons. The molecule has 0 amide bonds. The predicted molar refractivity (Wildman–Crippen MR) is 232 cm³/mol. The Morgan fingerprint density at radius 3 is 0.855 bits per heavy atom. The molecule has 0 rings (SSSR count). The number of ether oxygens (including phenoxy) is 2. The summed E-state index contributed by atoms with van der Waals surface area (Å²) in [6.45, 7) is 8.84. The third-order valence-corrected chi connectivity index (χ3v) is 7.75. The fraction of sp³-hybridized carbons (Fsp3) is 0.542. The van der Waals surface area contributed by atoms with Crippen molar-refractivity contribution in [3.8, 4) is 0 Å². The Morgan fingerprint density at radius 1 is 0.400 bits per heavy atom. The molecule has 304 valence electrons. The molecule has 55 heavy (non-hydrogen) atoms. The maximum absolute atomic E-state index is 10.7. The molecule has 0 saturated carbocycles. The van der Waals surface area contributed by atoms with Gasteiger partial charge in [0.1, 0.15) is 0 Å². The first-order chi connectivity index (χ1) is 26.4. The van der Waals surface area contributed by atoms with Gasteiger partial charge >= 0.3 is 23.1 Å². The summed E-state index contributed by atoms with van der Waals surface area (Å²) in [7, 11) is 0. The van der Waals surface area contributed by atoms with Crippen LogP contribution in [-0.4, -0.2) is 60.4 Å². The first kappa shape index (κ1) is 56.4. The zero-order valence-electron chi connectivity index (χ0n) is 35.0. The summed E-state index contributed by atoms with van der Waals surface area (Å²) in [6.07, 6.45) is 59.1. The first-order valence-electron chi connectivity index (χ1n) is 20.6. The Hall–Kier alpha value is -2.97. The van der Waals surface area contributed by atoms with Gasteiger partial charge in [-0.05, 0) is 116 Å². The maximum Gasteiger partial charge on any atom is 2.00 e. The molecule has 0 spiro atoms. The molecule has 0 fully saturated rings. The van der Waals surface area contributed by atoms with Gasteiger partial charge in [-0.25, -0.2) is 0 Å². The Balaban J connectivity index is -0.000000966. The SMILES string of the molecule is CC/C=C\C/C=C\C/C=C\C/C=C\C/C=C\CCCCOC(CC)C(=O)[O-].CC/C=C\C/C=C\C/C=C\C/C=C\C/C=C\CCCCOC(CC)C(=O)[O-].[Mg+2]. The molecule has 0 N–H and O–H groups in total. The van der Waals surface area contributed by atoms with Crippen molar-refractivity contribution in [1.29, 1.82) is 0 Å². The van der Waals surface area contributed by atoms with E-state index in [1.54, 1.807) is 13.8 Å². The van der Waals surface area contributed by atoms with Crippen LogP contribution in [0.1, 0.15) is 143 Å². The number of hydrogen-bond donors (Lipinski definition) is 0. The fourth-order valence-electron chi connectivity index (χ4n) is 4.62. The Morgan fingerprint density at radius 2 is 0.636 bits per heavy atom. The Labute approximate surface area is 352 Å². The standard InChI is InChI=1S/2C24H38O3.Mg/c2*1-3-5-6-7-8-9-10-11-12-13-14-15-16-17-18-19-20-21-22-27-23(4-2)24(25)26;/h2*5-6,8-9,11-12,14-15,17-18,23H,3-4,7,10,13,16,19-22H2,1-2H3,(H,25,26);/q;;+2/p-2/b2*6-5-,9-8-,12-11-,15-14-,18-17-;. The molecular formula is C48H74MgO6. The third kappa shape index (κ3) is 47.1. The van der Waals surface area contributed by atoms with Crippen LogP contribution >= 0.6 is 0 Å². The number of allylic oxidation sites excluding steroid dienone is 20. The third-order valence-electron chi connectivity index (χ3n) is 7.75. The largest absolute Gasteiger partial charge is 2.00 e. The van der Waals surface area contributed by atoms with Crippen molar-refractivity contribution in [2.45, 2.75) is 155 Å². The topological polar surface area (TPSA) is 98.7 Å². The number of carboxylic acids is 2. The van der Waals surface area contributed by atoms with E-state index in [2.05, 4.69) is 135 Å². The van der Waals surface area contributed by atoms with Crippen LogP contribution in [0.25, 0.3) is 0 Å².